The molecule has 0 radical (unpaired) electrons. The van der Waals surface area contributed by atoms with Crippen molar-refractivity contribution in [2.45, 2.75) is 46.7 Å². The number of hydrogen-bond acceptors (Lipinski definition) is 3. The topological polar surface area (TPSA) is 51.0 Å². The Bertz CT molecular complexity index is 1130. The molecule has 0 saturated carbocycles. The fourth-order valence-corrected chi connectivity index (χ4v) is 4.47. The number of para-hydroxylation sites is 1. The van der Waals surface area contributed by atoms with Gasteiger partial charge in [0.2, 0.25) is 5.91 Å². The van der Waals surface area contributed by atoms with E-state index in [1.54, 1.807) is 0 Å². The molecule has 3 heterocycles. The van der Waals surface area contributed by atoms with Gasteiger partial charge in [-0.1, -0.05) is 62.4 Å². The van der Waals surface area contributed by atoms with Crippen molar-refractivity contribution in [3.63, 3.8) is 0 Å². The fourth-order valence-electron chi connectivity index (χ4n) is 4.47. The van der Waals surface area contributed by atoms with Gasteiger partial charge in [0, 0.05) is 16.5 Å². The van der Waals surface area contributed by atoms with Gasteiger partial charge in [-0.05, 0) is 31.0 Å². The largest absolute Gasteiger partial charge is 0.307 e. The summed E-state index contributed by atoms with van der Waals surface area (Å²) in [7, 11) is 0. The molecule has 0 saturated heterocycles. The van der Waals surface area contributed by atoms with Gasteiger partial charge in [0.1, 0.15) is 5.69 Å². The van der Waals surface area contributed by atoms with Gasteiger partial charge in [0.05, 0.1) is 23.5 Å². The van der Waals surface area contributed by atoms with Crippen LogP contribution in [0.15, 0.2) is 42.5 Å². The van der Waals surface area contributed by atoms with Gasteiger partial charge in [0.25, 0.3) is 0 Å². The van der Waals surface area contributed by atoms with Crippen molar-refractivity contribution in [2.75, 3.05) is 4.90 Å². The van der Waals surface area contributed by atoms with Crippen molar-refractivity contribution in [1.29, 1.82) is 0 Å². The number of amides is 1. The summed E-state index contributed by atoms with van der Waals surface area (Å²) >= 11 is 0. The van der Waals surface area contributed by atoms with Crippen LogP contribution in [0.3, 0.4) is 0 Å². The molecule has 0 bridgehead atoms. The van der Waals surface area contributed by atoms with Crippen LogP contribution in [0.1, 0.15) is 45.7 Å². The highest BCUT2D eigenvalue weighted by molar-refractivity contribution is 6.02. The molecule has 5 rings (SSSR count). The maximum Gasteiger partial charge on any atom is 0.232 e. The van der Waals surface area contributed by atoms with Gasteiger partial charge in [-0.25, -0.2) is 4.68 Å². The van der Waals surface area contributed by atoms with E-state index in [2.05, 4.69) is 42.4 Å². The summed E-state index contributed by atoms with van der Waals surface area (Å²) in [5.41, 5.74) is 6.55. The highest BCUT2D eigenvalue weighted by Crippen LogP contribution is 2.50. The molecule has 0 atom stereocenters. The molecule has 0 N–H and O–H groups in total. The van der Waals surface area contributed by atoms with Crippen LogP contribution in [0.2, 0.25) is 0 Å². The first-order chi connectivity index (χ1) is 13.2. The van der Waals surface area contributed by atoms with Crippen molar-refractivity contribution in [3.8, 4) is 22.5 Å². The van der Waals surface area contributed by atoms with Gasteiger partial charge in [-0.2, -0.15) is 0 Å². The Morgan fingerprint density at radius 1 is 1.07 bits per heavy atom. The molecule has 142 valence electrons. The SMILES string of the molecule is CC(C)(C)C(=O)N1Cc2cccc3c2-c2c(nnn2C3(C)C)-c2ccccc21. The number of rotatable bonds is 0. The monoisotopic (exact) mass is 372 g/mol. The van der Waals surface area contributed by atoms with Gasteiger partial charge in [-0.15, -0.1) is 5.10 Å². The van der Waals surface area contributed by atoms with E-state index in [0.717, 1.165) is 28.2 Å². The molecule has 0 fully saturated rings. The molecule has 0 unspecified atom stereocenters. The van der Waals surface area contributed by atoms with E-state index in [1.165, 1.54) is 11.1 Å². The summed E-state index contributed by atoms with van der Waals surface area (Å²) in [4.78, 5) is 15.3. The Balaban J connectivity index is 1.88. The van der Waals surface area contributed by atoms with Gasteiger partial charge in [-0.3, -0.25) is 4.79 Å². The van der Waals surface area contributed by atoms with Crippen molar-refractivity contribution in [3.05, 3.63) is 53.6 Å². The Kier molecular flexibility index (Phi) is 3.26. The number of carbonyl (C=O) groups excluding carboxylic acids is 1. The first kappa shape index (κ1) is 17.2. The van der Waals surface area contributed by atoms with Crippen molar-refractivity contribution in [1.82, 2.24) is 15.0 Å². The highest BCUT2D eigenvalue weighted by atomic mass is 16.2. The van der Waals surface area contributed by atoms with Crippen LogP contribution in [-0.4, -0.2) is 20.9 Å². The van der Waals surface area contributed by atoms with Gasteiger partial charge >= 0.3 is 0 Å². The molecule has 28 heavy (non-hydrogen) atoms. The molecule has 2 aliphatic rings. The molecule has 0 spiro atoms. The molecule has 5 heteroatoms. The summed E-state index contributed by atoms with van der Waals surface area (Å²) in [6.45, 7) is 10.8. The van der Waals surface area contributed by atoms with Crippen LogP contribution in [0.25, 0.3) is 22.5 Å². The third-order valence-electron chi connectivity index (χ3n) is 5.91. The van der Waals surface area contributed by atoms with E-state index in [0.29, 0.717) is 6.54 Å². The van der Waals surface area contributed by atoms with E-state index < -0.39 is 5.41 Å². The van der Waals surface area contributed by atoms with E-state index in [4.69, 9.17) is 0 Å². The molecule has 1 aromatic heterocycles. The fraction of sp³-hybridized carbons (Fsp3) is 0.348. The molecule has 2 aliphatic heterocycles. The molecule has 2 aromatic carbocycles. The maximum atomic E-state index is 13.4. The van der Waals surface area contributed by atoms with E-state index in [9.17, 15) is 4.79 Å². The lowest BCUT2D eigenvalue weighted by atomic mass is 9.87. The third-order valence-corrected chi connectivity index (χ3v) is 5.91. The second kappa shape index (κ2) is 5.31. The van der Waals surface area contributed by atoms with Crippen molar-refractivity contribution >= 4 is 11.6 Å². The normalized spacial score (nSPS) is 16.2. The summed E-state index contributed by atoms with van der Waals surface area (Å²) in [5.74, 6) is 0.102. The summed E-state index contributed by atoms with van der Waals surface area (Å²) in [6.07, 6.45) is 0. The molecule has 1 amide bonds. The Morgan fingerprint density at radius 3 is 2.57 bits per heavy atom. The predicted molar refractivity (Wildman–Crippen MR) is 110 cm³/mol. The van der Waals surface area contributed by atoms with Crippen LogP contribution in [-0.2, 0) is 16.9 Å². The lowest BCUT2D eigenvalue weighted by Crippen LogP contribution is -2.39. The zero-order chi connectivity index (χ0) is 19.8. The van der Waals surface area contributed by atoms with Crippen LogP contribution in [0.4, 0.5) is 5.69 Å². The third kappa shape index (κ3) is 2.10. The Morgan fingerprint density at radius 2 is 1.82 bits per heavy atom. The first-order valence-corrected chi connectivity index (χ1v) is 9.71. The number of benzene rings is 2. The van der Waals surface area contributed by atoms with Crippen LogP contribution >= 0.6 is 0 Å². The number of anilines is 1. The molecule has 0 aliphatic carbocycles. The van der Waals surface area contributed by atoms with E-state index >= 15 is 0 Å². The van der Waals surface area contributed by atoms with Gasteiger partial charge < -0.3 is 4.90 Å². The zero-order valence-electron chi connectivity index (χ0n) is 16.9. The quantitative estimate of drug-likeness (QED) is 0.579. The minimum atomic E-state index is -0.482. The van der Waals surface area contributed by atoms with E-state index in [-0.39, 0.29) is 11.4 Å². The number of fused-ring (bicyclic) bond motifs is 2. The minimum Gasteiger partial charge on any atom is -0.307 e. The van der Waals surface area contributed by atoms with E-state index in [1.807, 2.05) is 54.6 Å². The average molecular weight is 372 g/mol. The smallest absolute Gasteiger partial charge is 0.232 e. The summed E-state index contributed by atoms with van der Waals surface area (Å²) in [5, 5.41) is 9.10. The minimum absolute atomic E-state index is 0.102. The predicted octanol–water partition coefficient (Wildman–Crippen LogP) is 4.60. The Labute approximate surface area is 165 Å². The van der Waals surface area contributed by atoms with Crippen LogP contribution < -0.4 is 4.90 Å². The molecular weight excluding hydrogens is 348 g/mol. The lowest BCUT2D eigenvalue weighted by Gasteiger charge is -2.32. The molecular formula is C23H24N4O. The van der Waals surface area contributed by atoms with Crippen molar-refractivity contribution in [2.24, 2.45) is 5.41 Å². The van der Waals surface area contributed by atoms with Crippen LogP contribution in [0.5, 0.6) is 0 Å². The Hall–Kier alpha value is -2.95. The second-order valence-corrected chi connectivity index (χ2v) is 9.26. The summed E-state index contributed by atoms with van der Waals surface area (Å²) < 4.78 is 2.04. The number of aromatic nitrogens is 3. The second-order valence-electron chi connectivity index (χ2n) is 9.26. The lowest BCUT2D eigenvalue weighted by molar-refractivity contribution is -0.125. The first-order valence-electron chi connectivity index (χ1n) is 9.71. The zero-order valence-corrected chi connectivity index (χ0v) is 16.9. The van der Waals surface area contributed by atoms with Crippen molar-refractivity contribution < 1.29 is 4.79 Å². The number of hydrogen-bond donors (Lipinski definition) is 0. The van der Waals surface area contributed by atoms with Crippen LogP contribution in [0, 0.1) is 5.41 Å². The summed E-state index contributed by atoms with van der Waals surface area (Å²) in [6, 6.07) is 14.4. The molecule has 5 nitrogen and oxygen atoms in total. The standard InChI is InChI=1S/C23H24N4O/c1-22(2,3)21(28)26-13-14-9-8-11-16-18(14)20-19(15-10-6-7-12-17(15)26)24-25-27(20)23(16,4)5/h6-12H,13H2,1-5H3. The maximum absolute atomic E-state index is 13.4. The number of carbonyl (C=O) groups is 1. The molecule has 3 aromatic rings. The average Bonchev–Trinajstić information content (AvgIpc) is 3.16. The van der Waals surface area contributed by atoms with Gasteiger partial charge in [0.15, 0.2) is 0 Å². The number of nitrogens with zero attached hydrogens (tertiary/aromatic N) is 4. The highest BCUT2D eigenvalue weighted by Gasteiger charge is 2.42.